The molecule has 0 amide bonds. The zero-order valence-electron chi connectivity index (χ0n) is 17.1. The third-order valence-electron chi connectivity index (χ3n) is 4.83. The second-order valence-corrected chi connectivity index (χ2v) is 8.95. The number of rotatable bonds is 6. The van der Waals surface area contributed by atoms with Crippen molar-refractivity contribution in [1.82, 2.24) is 0 Å². The number of aromatic carboxylic acids is 1. The molecule has 170 valence electrons. The number of carboxylic acid groups (broad SMARTS) is 1. The first-order chi connectivity index (χ1) is 15.5. The summed E-state index contributed by atoms with van der Waals surface area (Å²) in [5, 5.41) is 18.3. The highest BCUT2D eigenvalue weighted by Crippen LogP contribution is 2.36. The van der Waals surface area contributed by atoms with Crippen molar-refractivity contribution in [3.63, 3.8) is 0 Å². The lowest BCUT2D eigenvalue weighted by Gasteiger charge is -2.16. The molecule has 0 bridgehead atoms. The number of nitrogens with zero attached hydrogens (tertiary/aromatic N) is 1. The molecular weight excluding hydrogens is 459 g/mol. The van der Waals surface area contributed by atoms with Crippen molar-refractivity contribution in [3.8, 4) is 22.9 Å². The van der Waals surface area contributed by atoms with Crippen molar-refractivity contribution in [2.24, 2.45) is 0 Å². The molecular formula is C23H16F3NO5S. The molecule has 0 spiro atoms. The molecule has 10 heteroatoms. The Morgan fingerprint density at radius 1 is 1.09 bits per heavy atom. The molecule has 0 heterocycles. The number of methoxy groups -OCH3 is 1. The Kier molecular flexibility index (Phi) is 6.46. The molecule has 0 atom stereocenters. The van der Waals surface area contributed by atoms with Crippen LogP contribution >= 0.6 is 0 Å². The third kappa shape index (κ3) is 5.15. The molecule has 1 N–H and O–H groups in total. The highest BCUT2D eigenvalue weighted by molar-refractivity contribution is 7.90. The Hall–Kier alpha value is -3.84. The van der Waals surface area contributed by atoms with E-state index in [4.69, 9.17) is 10.00 Å². The van der Waals surface area contributed by atoms with E-state index in [1.165, 1.54) is 31.4 Å². The van der Waals surface area contributed by atoms with Gasteiger partial charge in [0.25, 0.3) is 0 Å². The van der Waals surface area contributed by atoms with Gasteiger partial charge in [0, 0.05) is 0 Å². The third-order valence-corrected chi connectivity index (χ3v) is 6.51. The van der Waals surface area contributed by atoms with Crippen molar-refractivity contribution in [2.45, 2.75) is 16.8 Å². The predicted molar refractivity (Wildman–Crippen MR) is 112 cm³/mol. The zero-order valence-corrected chi connectivity index (χ0v) is 17.9. The second-order valence-electron chi connectivity index (χ2n) is 6.99. The van der Waals surface area contributed by atoms with E-state index in [1.807, 2.05) is 6.07 Å². The summed E-state index contributed by atoms with van der Waals surface area (Å²) in [7, 11) is -3.15. The van der Waals surface area contributed by atoms with E-state index in [-0.39, 0.29) is 28.0 Å². The van der Waals surface area contributed by atoms with Gasteiger partial charge in [-0.1, -0.05) is 18.2 Å². The fourth-order valence-electron chi connectivity index (χ4n) is 3.26. The van der Waals surface area contributed by atoms with Crippen LogP contribution in [0.1, 0.15) is 27.0 Å². The average molecular weight is 475 g/mol. The monoisotopic (exact) mass is 475 g/mol. The van der Waals surface area contributed by atoms with Gasteiger partial charge in [0.15, 0.2) is 9.84 Å². The maximum Gasteiger partial charge on any atom is 0.416 e. The Balaban J connectivity index is 2.20. The van der Waals surface area contributed by atoms with Crippen LogP contribution in [-0.2, 0) is 21.8 Å². The van der Waals surface area contributed by atoms with Crippen LogP contribution in [0.3, 0.4) is 0 Å². The number of halogens is 3. The van der Waals surface area contributed by atoms with Crippen molar-refractivity contribution in [3.05, 3.63) is 82.9 Å². The summed E-state index contributed by atoms with van der Waals surface area (Å²) in [5.41, 5.74) is -0.726. The number of alkyl halides is 3. The maximum atomic E-state index is 13.4. The quantitative estimate of drug-likeness (QED) is 0.542. The number of sulfone groups is 1. The molecule has 3 aromatic rings. The molecule has 0 aliphatic carbocycles. The van der Waals surface area contributed by atoms with Crippen LogP contribution in [0.5, 0.6) is 5.75 Å². The van der Waals surface area contributed by atoms with Gasteiger partial charge in [-0.15, -0.1) is 0 Å². The summed E-state index contributed by atoms with van der Waals surface area (Å²) in [5.74, 6) is -2.37. The second kappa shape index (κ2) is 8.96. The van der Waals surface area contributed by atoms with Crippen molar-refractivity contribution >= 4 is 15.8 Å². The van der Waals surface area contributed by atoms with Crippen LogP contribution in [0.2, 0.25) is 0 Å². The van der Waals surface area contributed by atoms with Crippen LogP contribution in [-0.4, -0.2) is 26.6 Å². The number of carboxylic acids is 1. The first-order valence-corrected chi connectivity index (χ1v) is 11.0. The molecule has 3 aromatic carbocycles. The highest BCUT2D eigenvalue weighted by Gasteiger charge is 2.32. The predicted octanol–water partition coefficient (Wildman–Crippen LogP) is 4.92. The highest BCUT2D eigenvalue weighted by atomic mass is 32.2. The van der Waals surface area contributed by atoms with Gasteiger partial charge in [-0.2, -0.15) is 18.4 Å². The Morgan fingerprint density at radius 2 is 1.82 bits per heavy atom. The smallest absolute Gasteiger partial charge is 0.416 e. The fraction of sp³-hybridized carbons (Fsp3) is 0.130. The molecule has 33 heavy (non-hydrogen) atoms. The molecule has 0 aliphatic heterocycles. The molecule has 0 aliphatic rings. The van der Waals surface area contributed by atoms with E-state index < -0.39 is 38.2 Å². The van der Waals surface area contributed by atoms with E-state index in [0.717, 1.165) is 30.3 Å². The van der Waals surface area contributed by atoms with Gasteiger partial charge < -0.3 is 9.84 Å². The lowest BCUT2D eigenvalue weighted by Crippen LogP contribution is -2.11. The van der Waals surface area contributed by atoms with Crippen LogP contribution in [0.25, 0.3) is 11.1 Å². The molecule has 0 unspecified atom stereocenters. The SMILES string of the molecule is COc1ccc(C(=O)O)cc1S(=O)(=O)Cc1cc(C(F)(F)F)ccc1-c1cccc(C#N)c1. The normalized spacial score (nSPS) is 11.6. The maximum absolute atomic E-state index is 13.4. The first-order valence-electron chi connectivity index (χ1n) is 9.31. The van der Waals surface area contributed by atoms with E-state index in [1.54, 1.807) is 6.07 Å². The Labute approximate surface area is 187 Å². The number of hydrogen-bond donors (Lipinski definition) is 1. The molecule has 3 rings (SSSR count). The molecule has 0 saturated heterocycles. The van der Waals surface area contributed by atoms with Crippen LogP contribution in [0.15, 0.2) is 65.6 Å². The van der Waals surface area contributed by atoms with Crippen LogP contribution < -0.4 is 4.74 Å². The van der Waals surface area contributed by atoms with Crippen molar-refractivity contribution in [1.29, 1.82) is 5.26 Å². The van der Waals surface area contributed by atoms with Gasteiger partial charge in [-0.3, -0.25) is 0 Å². The van der Waals surface area contributed by atoms with E-state index in [2.05, 4.69) is 0 Å². The van der Waals surface area contributed by atoms with Gasteiger partial charge >= 0.3 is 12.1 Å². The van der Waals surface area contributed by atoms with Crippen LogP contribution in [0.4, 0.5) is 13.2 Å². The number of hydrogen-bond acceptors (Lipinski definition) is 5. The minimum Gasteiger partial charge on any atom is -0.495 e. The first kappa shape index (κ1) is 23.8. The number of carbonyl (C=O) groups is 1. The number of ether oxygens (including phenoxy) is 1. The number of nitriles is 1. The summed E-state index contributed by atoms with van der Waals surface area (Å²) in [6.45, 7) is 0. The van der Waals surface area contributed by atoms with Gasteiger partial charge in [0.2, 0.25) is 0 Å². The summed E-state index contributed by atoms with van der Waals surface area (Å²) in [4.78, 5) is 10.8. The minimum absolute atomic E-state index is 0.139. The summed E-state index contributed by atoms with van der Waals surface area (Å²) >= 11 is 0. The fourth-order valence-corrected chi connectivity index (χ4v) is 4.83. The van der Waals surface area contributed by atoms with E-state index >= 15 is 0 Å². The Bertz CT molecular complexity index is 1380. The van der Waals surface area contributed by atoms with Gasteiger partial charge in [0.05, 0.1) is 35.6 Å². The van der Waals surface area contributed by atoms with Crippen molar-refractivity contribution < 1.29 is 36.2 Å². The molecule has 0 saturated carbocycles. The number of benzene rings is 3. The van der Waals surface area contributed by atoms with Gasteiger partial charge in [0.1, 0.15) is 10.6 Å². The van der Waals surface area contributed by atoms with Crippen LogP contribution in [0, 0.1) is 11.3 Å². The molecule has 0 aromatic heterocycles. The summed E-state index contributed by atoms with van der Waals surface area (Å²) < 4.78 is 71.6. The summed E-state index contributed by atoms with van der Waals surface area (Å²) in [6.07, 6.45) is -4.72. The summed E-state index contributed by atoms with van der Waals surface area (Å²) in [6, 6.07) is 13.9. The zero-order chi connectivity index (χ0) is 24.4. The molecule has 0 radical (unpaired) electrons. The van der Waals surface area contributed by atoms with Gasteiger partial charge in [-0.05, 0) is 59.2 Å². The topological polar surface area (TPSA) is 104 Å². The molecule has 6 nitrogen and oxygen atoms in total. The lowest BCUT2D eigenvalue weighted by atomic mass is 9.97. The van der Waals surface area contributed by atoms with E-state index in [9.17, 15) is 31.5 Å². The molecule has 0 fully saturated rings. The minimum atomic E-state index is -4.72. The largest absolute Gasteiger partial charge is 0.495 e. The standard InChI is InChI=1S/C23H16F3NO5S/c1-32-20-8-5-16(22(28)29)11-21(20)33(30,31)13-17-10-18(23(24,25)26)6-7-19(17)15-4-2-3-14(9-15)12-27/h2-11H,13H2,1H3,(H,28,29). The Morgan fingerprint density at radius 3 is 2.42 bits per heavy atom. The average Bonchev–Trinajstić information content (AvgIpc) is 2.77. The van der Waals surface area contributed by atoms with E-state index in [0.29, 0.717) is 5.56 Å². The van der Waals surface area contributed by atoms with Crippen molar-refractivity contribution in [2.75, 3.05) is 7.11 Å². The van der Waals surface area contributed by atoms with Gasteiger partial charge in [-0.25, -0.2) is 13.2 Å². The lowest BCUT2D eigenvalue weighted by molar-refractivity contribution is -0.137.